The van der Waals surface area contributed by atoms with Gasteiger partial charge in [0.05, 0.1) is 5.56 Å². The van der Waals surface area contributed by atoms with E-state index in [0.717, 1.165) is 9.13 Å². The van der Waals surface area contributed by atoms with Crippen LogP contribution in [0.1, 0.15) is 0 Å². The molecular formula is C14H12N4O4. The molecule has 0 fully saturated rings. The van der Waals surface area contributed by atoms with E-state index in [9.17, 15) is 19.6 Å². The molecule has 0 saturated heterocycles. The van der Waals surface area contributed by atoms with Crippen LogP contribution in [-0.2, 0) is 14.1 Å². The summed E-state index contributed by atoms with van der Waals surface area (Å²) in [6, 6.07) is 8.29. The van der Waals surface area contributed by atoms with Crippen molar-refractivity contribution >= 4 is 11.2 Å². The van der Waals surface area contributed by atoms with Crippen LogP contribution >= 0.6 is 0 Å². The first-order valence-electron chi connectivity index (χ1n) is 6.44. The van der Waals surface area contributed by atoms with Gasteiger partial charge in [0.2, 0.25) is 0 Å². The van der Waals surface area contributed by atoms with Crippen LogP contribution in [0, 0.1) is 5.21 Å². The molecule has 0 saturated carbocycles. The Morgan fingerprint density at radius 1 is 1.05 bits per heavy atom. The molecule has 2 heterocycles. The maximum Gasteiger partial charge on any atom is 0.332 e. The van der Waals surface area contributed by atoms with E-state index in [-0.39, 0.29) is 21.6 Å². The number of benzene rings is 1. The molecule has 8 nitrogen and oxygen atoms in total. The molecule has 2 aromatic heterocycles. The highest BCUT2D eigenvalue weighted by molar-refractivity contribution is 5.68. The fourth-order valence-corrected chi connectivity index (χ4v) is 2.37. The van der Waals surface area contributed by atoms with Gasteiger partial charge in [-0.15, -0.1) is 0 Å². The standard InChI is InChI=1S/C14H12N4O4/c1-16-11-10(13(20)17(2)14(16)21)18(22)9(12(19)15-11)8-6-4-3-5-7-8/h3-7H,1-2H3,(H,15,19). The number of nitrogens with one attached hydrogen (secondary N) is 1. The predicted octanol–water partition coefficient (Wildman–Crippen LogP) is -0.774. The summed E-state index contributed by atoms with van der Waals surface area (Å²) >= 11 is 0. The third kappa shape index (κ3) is 1.77. The SMILES string of the molecule is Cn1c(=O)c2c([nH]c(=O)c(-c3ccccc3)[n+]2[O-])n(C)c1=O. The van der Waals surface area contributed by atoms with Crippen LogP contribution in [0.25, 0.3) is 22.4 Å². The molecule has 0 aliphatic rings. The molecule has 1 aromatic carbocycles. The number of aromatic amines is 1. The van der Waals surface area contributed by atoms with Crippen molar-refractivity contribution in [2.75, 3.05) is 0 Å². The van der Waals surface area contributed by atoms with Crippen molar-refractivity contribution in [2.45, 2.75) is 0 Å². The van der Waals surface area contributed by atoms with Crippen molar-refractivity contribution in [1.82, 2.24) is 14.1 Å². The molecule has 0 aliphatic carbocycles. The van der Waals surface area contributed by atoms with Crippen molar-refractivity contribution in [2.24, 2.45) is 14.1 Å². The fraction of sp³-hybridized carbons (Fsp3) is 0.143. The van der Waals surface area contributed by atoms with Crippen LogP contribution in [0.2, 0.25) is 0 Å². The van der Waals surface area contributed by atoms with E-state index in [2.05, 4.69) is 4.98 Å². The van der Waals surface area contributed by atoms with Crippen molar-refractivity contribution in [3.8, 4) is 11.3 Å². The second-order valence-electron chi connectivity index (χ2n) is 4.87. The maximum atomic E-state index is 12.6. The van der Waals surface area contributed by atoms with Crippen LogP contribution in [0.15, 0.2) is 44.7 Å². The summed E-state index contributed by atoms with van der Waals surface area (Å²) in [5.74, 6) is 0. The zero-order valence-corrected chi connectivity index (χ0v) is 11.9. The lowest BCUT2D eigenvalue weighted by Gasteiger charge is -2.09. The molecule has 0 atom stereocenters. The highest BCUT2D eigenvalue weighted by Gasteiger charge is 2.24. The number of aryl methyl sites for hydroxylation is 1. The van der Waals surface area contributed by atoms with E-state index < -0.39 is 16.8 Å². The average Bonchev–Trinajstić information content (AvgIpc) is 2.51. The van der Waals surface area contributed by atoms with Gasteiger partial charge in [-0.25, -0.2) is 4.79 Å². The number of H-pyrrole nitrogens is 1. The Labute approximate surface area is 123 Å². The number of hydrogen-bond acceptors (Lipinski definition) is 4. The molecule has 22 heavy (non-hydrogen) atoms. The molecule has 3 rings (SSSR count). The monoisotopic (exact) mass is 300 g/mol. The summed E-state index contributed by atoms with van der Waals surface area (Å²) in [5, 5.41) is 12.6. The van der Waals surface area contributed by atoms with Crippen LogP contribution in [-0.4, -0.2) is 14.1 Å². The number of rotatable bonds is 1. The van der Waals surface area contributed by atoms with Gasteiger partial charge >= 0.3 is 22.3 Å². The number of hydrogen-bond donors (Lipinski definition) is 1. The van der Waals surface area contributed by atoms with Gasteiger partial charge in [-0.1, -0.05) is 18.2 Å². The summed E-state index contributed by atoms with van der Waals surface area (Å²) in [7, 11) is 2.65. The summed E-state index contributed by atoms with van der Waals surface area (Å²) in [6.07, 6.45) is 0. The Hall–Kier alpha value is -3.16. The Bertz CT molecular complexity index is 1060. The molecule has 0 unspecified atom stereocenters. The molecule has 0 aliphatic heterocycles. The van der Waals surface area contributed by atoms with E-state index in [4.69, 9.17) is 0 Å². The van der Waals surface area contributed by atoms with E-state index in [1.807, 2.05) is 0 Å². The van der Waals surface area contributed by atoms with E-state index in [0.29, 0.717) is 5.56 Å². The van der Waals surface area contributed by atoms with Crippen LogP contribution in [0.3, 0.4) is 0 Å². The second kappa shape index (κ2) is 4.69. The zero-order valence-electron chi connectivity index (χ0n) is 11.9. The number of aromatic nitrogens is 4. The Morgan fingerprint density at radius 2 is 1.68 bits per heavy atom. The molecule has 0 bridgehead atoms. The largest absolute Gasteiger partial charge is 0.617 e. The number of fused-ring (bicyclic) bond motifs is 1. The van der Waals surface area contributed by atoms with Crippen LogP contribution < -0.4 is 21.5 Å². The van der Waals surface area contributed by atoms with Gasteiger partial charge in [0, 0.05) is 14.1 Å². The molecule has 0 spiro atoms. The minimum atomic E-state index is -0.762. The Kier molecular flexibility index (Phi) is 2.94. The van der Waals surface area contributed by atoms with Crippen LogP contribution in [0.4, 0.5) is 0 Å². The third-order valence-corrected chi connectivity index (χ3v) is 3.54. The summed E-state index contributed by atoms with van der Waals surface area (Å²) < 4.78 is 2.16. The molecule has 1 N–H and O–H groups in total. The first-order chi connectivity index (χ1) is 10.4. The summed E-state index contributed by atoms with van der Waals surface area (Å²) in [4.78, 5) is 38.8. The van der Waals surface area contributed by atoms with E-state index in [1.165, 1.54) is 14.1 Å². The van der Waals surface area contributed by atoms with Gasteiger partial charge in [0.15, 0.2) is 5.65 Å². The molecule has 0 radical (unpaired) electrons. The molecule has 3 aromatic rings. The Morgan fingerprint density at radius 3 is 2.32 bits per heavy atom. The average molecular weight is 300 g/mol. The Balaban J connectivity index is 2.58. The minimum Gasteiger partial charge on any atom is -0.617 e. The molecule has 0 amide bonds. The van der Waals surface area contributed by atoms with Crippen LogP contribution in [0.5, 0.6) is 0 Å². The lowest BCUT2D eigenvalue weighted by molar-refractivity contribution is -0.567. The second-order valence-corrected chi connectivity index (χ2v) is 4.87. The first kappa shape index (κ1) is 13.8. The smallest absolute Gasteiger partial charge is 0.332 e. The predicted molar refractivity (Wildman–Crippen MR) is 79.4 cm³/mol. The minimum absolute atomic E-state index is 0.104. The number of nitrogens with zero attached hydrogens (tertiary/aromatic N) is 3. The maximum absolute atomic E-state index is 12.6. The van der Waals surface area contributed by atoms with Gasteiger partial charge in [0.25, 0.3) is 5.69 Å². The van der Waals surface area contributed by atoms with Gasteiger partial charge in [-0.05, 0) is 12.1 Å². The highest BCUT2D eigenvalue weighted by atomic mass is 16.5. The van der Waals surface area contributed by atoms with Gasteiger partial charge in [-0.2, -0.15) is 4.73 Å². The topological polar surface area (TPSA) is 104 Å². The van der Waals surface area contributed by atoms with Gasteiger partial charge in [0.1, 0.15) is 0 Å². The lowest BCUT2D eigenvalue weighted by Crippen LogP contribution is -2.47. The zero-order chi connectivity index (χ0) is 16.0. The van der Waals surface area contributed by atoms with Gasteiger partial charge in [-0.3, -0.25) is 23.7 Å². The molecule has 112 valence electrons. The van der Waals surface area contributed by atoms with Crippen molar-refractivity contribution in [3.05, 3.63) is 66.7 Å². The van der Waals surface area contributed by atoms with Crippen molar-refractivity contribution in [3.63, 3.8) is 0 Å². The van der Waals surface area contributed by atoms with Gasteiger partial charge < -0.3 is 5.21 Å². The fourth-order valence-electron chi connectivity index (χ4n) is 2.37. The van der Waals surface area contributed by atoms with E-state index >= 15 is 0 Å². The molecular weight excluding hydrogens is 288 g/mol. The summed E-state index contributed by atoms with van der Waals surface area (Å²) in [6.45, 7) is 0. The third-order valence-electron chi connectivity index (χ3n) is 3.54. The quantitative estimate of drug-likeness (QED) is 0.470. The van der Waals surface area contributed by atoms with Crippen molar-refractivity contribution in [1.29, 1.82) is 0 Å². The normalized spacial score (nSPS) is 11.0. The first-order valence-corrected chi connectivity index (χ1v) is 6.44. The van der Waals surface area contributed by atoms with Crippen molar-refractivity contribution < 1.29 is 4.73 Å². The van der Waals surface area contributed by atoms with E-state index in [1.54, 1.807) is 30.3 Å². The molecule has 8 heteroatoms. The summed E-state index contributed by atoms with van der Waals surface area (Å²) in [5.41, 5.74) is -2.25. The lowest BCUT2D eigenvalue weighted by atomic mass is 10.1. The highest BCUT2D eigenvalue weighted by Crippen LogP contribution is 2.11.